The van der Waals surface area contributed by atoms with Gasteiger partial charge in [-0.2, -0.15) is 0 Å². The number of ether oxygens (including phenoxy) is 1. The third kappa shape index (κ3) is 4.30. The van der Waals surface area contributed by atoms with Crippen molar-refractivity contribution in [3.05, 3.63) is 35.4 Å². The lowest BCUT2D eigenvalue weighted by atomic mass is 10.0. The van der Waals surface area contributed by atoms with E-state index in [1.165, 1.54) is 7.11 Å². The van der Waals surface area contributed by atoms with Crippen LogP contribution in [-0.2, 0) is 16.0 Å². The first-order chi connectivity index (χ1) is 8.19. The lowest BCUT2D eigenvalue weighted by Crippen LogP contribution is -2.06. The predicted octanol–water partition coefficient (Wildman–Crippen LogP) is 2.76. The van der Waals surface area contributed by atoms with Crippen molar-refractivity contribution in [3.63, 3.8) is 0 Å². The number of esters is 1. The summed E-state index contributed by atoms with van der Waals surface area (Å²) in [5.74, 6) is -0.314. The van der Waals surface area contributed by atoms with E-state index in [-0.39, 0.29) is 10.8 Å². The number of methoxy groups -OCH3 is 1. The first-order valence-corrected chi connectivity index (χ1v) is 6.36. The van der Waals surface area contributed by atoms with Crippen molar-refractivity contribution >= 4 is 28.2 Å². The summed E-state index contributed by atoms with van der Waals surface area (Å²) in [5.41, 5.74) is 1.57. The van der Waals surface area contributed by atoms with E-state index in [1.807, 2.05) is 18.2 Å². The van der Waals surface area contributed by atoms with Gasteiger partial charge in [0.25, 0.3) is 0 Å². The number of aldehydes is 1. The van der Waals surface area contributed by atoms with Crippen LogP contribution in [0.25, 0.3) is 0 Å². The maximum Gasteiger partial charge on any atom is 0.338 e. The van der Waals surface area contributed by atoms with E-state index >= 15 is 0 Å². The van der Waals surface area contributed by atoms with Gasteiger partial charge < -0.3 is 9.53 Å². The molecule has 0 aromatic heterocycles. The van der Waals surface area contributed by atoms with Crippen LogP contribution in [0.1, 0.15) is 28.8 Å². The average molecular weight is 299 g/mol. The molecule has 92 valence electrons. The van der Waals surface area contributed by atoms with Crippen molar-refractivity contribution in [3.8, 4) is 0 Å². The summed E-state index contributed by atoms with van der Waals surface area (Å²) in [4.78, 5) is 21.8. The van der Waals surface area contributed by atoms with Gasteiger partial charge in [0.2, 0.25) is 0 Å². The molecule has 1 aromatic carbocycles. The summed E-state index contributed by atoms with van der Waals surface area (Å²) >= 11 is 3.25. The minimum absolute atomic E-state index is 0.104. The van der Waals surface area contributed by atoms with Gasteiger partial charge in [-0.3, -0.25) is 0 Å². The van der Waals surface area contributed by atoms with Crippen molar-refractivity contribution in [2.75, 3.05) is 7.11 Å². The summed E-state index contributed by atoms with van der Waals surface area (Å²) in [5, 5.41) is 0. The molecule has 0 aliphatic rings. The second-order valence-electron chi connectivity index (χ2n) is 3.69. The number of rotatable bonds is 6. The highest BCUT2D eigenvalue weighted by Gasteiger charge is 2.11. The number of alkyl halides is 1. The zero-order valence-corrected chi connectivity index (χ0v) is 11.3. The predicted molar refractivity (Wildman–Crippen MR) is 69.5 cm³/mol. The molecule has 0 heterocycles. The Bertz CT molecular complexity index is 390. The van der Waals surface area contributed by atoms with E-state index in [1.54, 1.807) is 6.07 Å². The molecule has 3 nitrogen and oxygen atoms in total. The largest absolute Gasteiger partial charge is 0.465 e. The van der Waals surface area contributed by atoms with E-state index in [4.69, 9.17) is 4.74 Å². The van der Waals surface area contributed by atoms with Crippen molar-refractivity contribution in [1.82, 2.24) is 0 Å². The molecule has 1 aromatic rings. The second-order valence-corrected chi connectivity index (χ2v) is 4.87. The van der Waals surface area contributed by atoms with Gasteiger partial charge in [-0.1, -0.05) is 34.1 Å². The SMILES string of the molecule is COC(=O)c1ccccc1CCCC(Br)C=O. The Morgan fingerprint density at radius 2 is 2.18 bits per heavy atom. The molecule has 0 bridgehead atoms. The summed E-state index contributed by atoms with van der Waals surface area (Å²) in [7, 11) is 1.38. The van der Waals surface area contributed by atoms with E-state index in [0.29, 0.717) is 5.56 Å². The molecule has 0 amide bonds. The van der Waals surface area contributed by atoms with Crippen LogP contribution in [0.2, 0.25) is 0 Å². The highest BCUT2D eigenvalue weighted by atomic mass is 79.9. The standard InChI is InChI=1S/C13H15BrO3/c1-17-13(16)12-8-3-2-5-10(12)6-4-7-11(14)9-15/h2-3,5,8-9,11H,4,6-7H2,1H3. The summed E-state index contributed by atoms with van der Waals surface area (Å²) in [6, 6.07) is 7.38. The summed E-state index contributed by atoms with van der Waals surface area (Å²) in [6.45, 7) is 0. The zero-order chi connectivity index (χ0) is 12.7. The van der Waals surface area contributed by atoms with Crippen LogP contribution in [0.3, 0.4) is 0 Å². The van der Waals surface area contributed by atoms with Crippen LogP contribution in [0.4, 0.5) is 0 Å². The van der Waals surface area contributed by atoms with Crippen molar-refractivity contribution in [2.24, 2.45) is 0 Å². The number of benzene rings is 1. The maximum atomic E-state index is 11.5. The number of carbonyl (C=O) groups excluding carboxylic acids is 2. The molecule has 1 rings (SSSR count). The lowest BCUT2D eigenvalue weighted by molar-refractivity contribution is -0.107. The molecule has 4 heteroatoms. The van der Waals surface area contributed by atoms with E-state index in [0.717, 1.165) is 31.1 Å². The van der Waals surface area contributed by atoms with Gasteiger partial charge in [-0.05, 0) is 30.9 Å². The molecule has 0 spiro atoms. The van der Waals surface area contributed by atoms with Gasteiger partial charge >= 0.3 is 5.97 Å². The van der Waals surface area contributed by atoms with E-state index in [2.05, 4.69) is 15.9 Å². The van der Waals surface area contributed by atoms with E-state index in [9.17, 15) is 9.59 Å². The fraction of sp³-hybridized carbons (Fsp3) is 0.385. The number of carbonyl (C=O) groups is 2. The number of aryl methyl sites for hydroxylation is 1. The number of halogens is 1. The molecule has 0 saturated heterocycles. The molecule has 0 fully saturated rings. The molecular formula is C13H15BrO3. The Kier molecular flexibility index (Phi) is 5.91. The summed E-state index contributed by atoms with van der Waals surface area (Å²) < 4.78 is 4.72. The highest BCUT2D eigenvalue weighted by Crippen LogP contribution is 2.15. The van der Waals surface area contributed by atoms with Crippen LogP contribution in [0, 0.1) is 0 Å². The molecule has 1 atom stereocenters. The van der Waals surface area contributed by atoms with Crippen LogP contribution in [-0.4, -0.2) is 24.2 Å². The molecule has 17 heavy (non-hydrogen) atoms. The fourth-order valence-electron chi connectivity index (χ4n) is 1.60. The lowest BCUT2D eigenvalue weighted by Gasteiger charge is -2.07. The maximum absolute atomic E-state index is 11.5. The Morgan fingerprint density at radius 3 is 2.82 bits per heavy atom. The first-order valence-electron chi connectivity index (χ1n) is 5.44. The van der Waals surface area contributed by atoms with Crippen LogP contribution in [0.15, 0.2) is 24.3 Å². The Hall–Kier alpha value is -1.16. The first kappa shape index (κ1) is 13.9. The van der Waals surface area contributed by atoms with Gasteiger partial charge in [-0.25, -0.2) is 4.79 Å². The Balaban J connectivity index is 2.64. The highest BCUT2D eigenvalue weighted by molar-refractivity contribution is 9.09. The van der Waals surface area contributed by atoms with Crippen molar-refractivity contribution < 1.29 is 14.3 Å². The van der Waals surface area contributed by atoms with Crippen LogP contribution in [0.5, 0.6) is 0 Å². The third-order valence-electron chi connectivity index (χ3n) is 2.50. The van der Waals surface area contributed by atoms with Gasteiger partial charge in [0.05, 0.1) is 17.5 Å². The second kappa shape index (κ2) is 7.22. The molecule has 0 N–H and O–H groups in total. The molecule has 0 saturated carbocycles. The Labute approximate surface area is 109 Å². The topological polar surface area (TPSA) is 43.4 Å². The molecule has 0 radical (unpaired) electrons. The Morgan fingerprint density at radius 1 is 1.47 bits per heavy atom. The minimum atomic E-state index is -0.314. The smallest absolute Gasteiger partial charge is 0.338 e. The molecule has 0 aliphatic carbocycles. The van der Waals surface area contributed by atoms with Gasteiger partial charge in [0, 0.05) is 0 Å². The fourth-order valence-corrected chi connectivity index (χ4v) is 1.93. The monoisotopic (exact) mass is 298 g/mol. The van der Waals surface area contributed by atoms with Crippen LogP contribution < -0.4 is 0 Å². The normalized spacial score (nSPS) is 11.9. The minimum Gasteiger partial charge on any atom is -0.465 e. The number of hydrogen-bond acceptors (Lipinski definition) is 3. The van der Waals surface area contributed by atoms with Gasteiger partial charge in [-0.15, -0.1) is 0 Å². The average Bonchev–Trinajstić information content (AvgIpc) is 2.38. The third-order valence-corrected chi connectivity index (χ3v) is 3.17. The zero-order valence-electron chi connectivity index (χ0n) is 9.69. The molecular weight excluding hydrogens is 284 g/mol. The van der Waals surface area contributed by atoms with Crippen LogP contribution >= 0.6 is 15.9 Å². The molecule has 0 aliphatic heterocycles. The van der Waals surface area contributed by atoms with Crippen molar-refractivity contribution in [1.29, 1.82) is 0 Å². The quantitative estimate of drug-likeness (QED) is 0.461. The van der Waals surface area contributed by atoms with Crippen molar-refractivity contribution in [2.45, 2.75) is 24.1 Å². The number of hydrogen-bond donors (Lipinski definition) is 0. The van der Waals surface area contributed by atoms with Gasteiger partial charge in [0.1, 0.15) is 6.29 Å². The molecule has 1 unspecified atom stereocenters. The summed E-state index contributed by atoms with van der Waals surface area (Å²) in [6.07, 6.45) is 3.26. The van der Waals surface area contributed by atoms with Gasteiger partial charge in [0.15, 0.2) is 0 Å². The van der Waals surface area contributed by atoms with E-state index < -0.39 is 0 Å².